The van der Waals surface area contributed by atoms with Crippen LogP contribution in [0.1, 0.15) is 0 Å². The Kier molecular flexibility index (Phi) is 1.24. The summed E-state index contributed by atoms with van der Waals surface area (Å²) in [7, 11) is 0. The molecule has 1 N–H and O–H groups in total. The van der Waals surface area contributed by atoms with Gasteiger partial charge in [-0.3, -0.25) is 5.43 Å². The molecule has 0 atom stereocenters. The molecule has 0 spiro atoms. The molecule has 0 unspecified atom stereocenters. The number of ether oxygens (including phenoxy) is 2. The molecule has 3 aliphatic rings. The van der Waals surface area contributed by atoms with Crippen molar-refractivity contribution in [2.24, 2.45) is 10.2 Å². The maximum atomic E-state index is 5.36. The van der Waals surface area contributed by atoms with E-state index in [1.807, 2.05) is 6.08 Å². The van der Waals surface area contributed by atoms with Crippen molar-refractivity contribution in [1.29, 1.82) is 0 Å². The summed E-state index contributed by atoms with van der Waals surface area (Å²) < 4.78 is 10.7. The van der Waals surface area contributed by atoms with Gasteiger partial charge in [0.1, 0.15) is 19.9 Å². The van der Waals surface area contributed by atoms with Crippen LogP contribution in [0.25, 0.3) is 0 Å². The summed E-state index contributed by atoms with van der Waals surface area (Å²) >= 11 is 0. The van der Waals surface area contributed by atoms with Crippen LogP contribution in [0.15, 0.2) is 22.0 Å². The molecule has 0 radical (unpaired) electrons. The average molecular weight is 180 g/mol. The molecule has 6 heteroatoms. The Balaban J connectivity index is 1.98. The fraction of sp³-hybridized carbons (Fsp3) is 0.429. The zero-order valence-corrected chi connectivity index (χ0v) is 6.86. The van der Waals surface area contributed by atoms with Crippen molar-refractivity contribution in [3.63, 3.8) is 0 Å². The first-order valence-electron chi connectivity index (χ1n) is 4.08. The highest BCUT2D eigenvalue weighted by atomic mass is 16.6. The maximum Gasteiger partial charge on any atom is 0.274 e. The first-order valence-corrected chi connectivity index (χ1v) is 4.08. The second-order valence-corrected chi connectivity index (χ2v) is 2.80. The summed E-state index contributed by atoms with van der Waals surface area (Å²) in [6.07, 6.45) is 1.82. The van der Waals surface area contributed by atoms with Crippen LogP contribution in [0.3, 0.4) is 0 Å². The van der Waals surface area contributed by atoms with E-state index in [0.717, 1.165) is 5.84 Å². The molecule has 0 aliphatic carbocycles. The van der Waals surface area contributed by atoms with Crippen molar-refractivity contribution < 1.29 is 9.47 Å². The molecule has 0 aromatic heterocycles. The molecule has 1 fully saturated rings. The second kappa shape index (κ2) is 2.38. The third kappa shape index (κ3) is 0.947. The van der Waals surface area contributed by atoms with E-state index in [-0.39, 0.29) is 0 Å². The highest BCUT2D eigenvalue weighted by molar-refractivity contribution is 6.05. The van der Waals surface area contributed by atoms with Gasteiger partial charge in [-0.2, -0.15) is 5.10 Å². The Bertz CT molecular complexity index is 333. The Morgan fingerprint density at radius 3 is 3.31 bits per heavy atom. The van der Waals surface area contributed by atoms with Crippen LogP contribution in [0.4, 0.5) is 0 Å². The highest BCUT2D eigenvalue weighted by Gasteiger charge is 2.27. The van der Waals surface area contributed by atoms with Crippen molar-refractivity contribution in [2.75, 3.05) is 19.9 Å². The van der Waals surface area contributed by atoms with Gasteiger partial charge in [-0.25, -0.2) is 5.01 Å². The zero-order chi connectivity index (χ0) is 8.67. The van der Waals surface area contributed by atoms with E-state index in [1.54, 1.807) is 5.01 Å². The second-order valence-electron chi connectivity index (χ2n) is 2.80. The first kappa shape index (κ1) is 6.76. The third-order valence-electron chi connectivity index (χ3n) is 1.94. The predicted octanol–water partition coefficient (Wildman–Crippen LogP) is -0.580. The van der Waals surface area contributed by atoms with Gasteiger partial charge >= 0.3 is 0 Å². The molecule has 1 saturated heterocycles. The molecule has 6 nitrogen and oxygen atoms in total. The quantitative estimate of drug-likeness (QED) is 0.542. The van der Waals surface area contributed by atoms with Crippen LogP contribution in [0.2, 0.25) is 0 Å². The normalized spacial score (nSPS) is 24.0. The highest BCUT2D eigenvalue weighted by Crippen LogP contribution is 2.17. The predicted molar refractivity (Wildman–Crippen MR) is 44.7 cm³/mol. The molecule has 3 rings (SSSR count). The van der Waals surface area contributed by atoms with Gasteiger partial charge in [0.25, 0.3) is 5.90 Å². The lowest BCUT2D eigenvalue weighted by Crippen LogP contribution is -2.33. The number of hydrazone groups is 2. The SMILES string of the molecule is C1=C2OCCOC2=NN2CNN=C12. The Morgan fingerprint density at radius 2 is 2.31 bits per heavy atom. The van der Waals surface area contributed by atoms with Crippen molar-refractivity contribution in [3.8, 4) is 0 Å². The number of nitrogens with zero attached hydrogens (tertiary/aromatic N) is 3. The number of hydrogen-bond acceptors (Lipinski definition) is 6. The Morgan fingerprint density at radius 1 is 1.38 bits per heavy atom. The van der Waals surface area contributed by atoms with Gasteiger partial charge in [0.05, 0.1) is 0 Å². The van der Waals surface area contributed by atoms with E-state index in [9.17, 15) is 0 Å². The summed E-state index contributed by atoms with van der Waals surface area (Å²) in [5.74, 6) is 1.99. The summed E-state index contributed by atoms with van der Waals surface area (Å²) in [6.45, 7) is 1.72. The van der Waals surface area contributed by atoms with Crippen LogP contribution in [0.5, 0.6) is 0 Å². The third-order valence-corrected chi connectivity index (χ3v) is 1.94. The molecule has 3 heterocycles. The van der Waals surface area contributed by atoms with Crippen molar-refractivity contribution in [2.45, 2.75) is 0 Å². The number of rotatable bonds is 0. The molecular weight excluding hydrogens is 172 g/mol. The average Bonchev–Trinajstić information content (AvgIpc) is 2.61. The number of hydrogen-bond donors (Lipinski definition) is 1. The molecule has 3 aliphatic heterocycles. The zero-order valence-electron chi connectivity index (χ0n) is 6.86. The molecule has 0 saturated carbocycles. The van der Waals surface area contributed by atoms with Gasteiger partial charge in [-0.15, -0.1) is 5.10 Å². The minimum Gasteiger partial charge on any atom is -0.484 e. The molecule has 0 bridgehead atoms. The van der Waals surface area contributed by atoms with Crippen LogP contribution >= 0.6 is 0 Å². The van der Waals surface area contributed by atoms with E-state index < -0.39 is 0 Å². The minimum absolute atomic E-state index is 0.550. The van der Waals surface area contributed by atoms with Gasteiger partial charge in [0, 0.05) is 6.08 Å². The van der Waals surface area contributed by atoms with Crippen molar-refractivity contribution in [1.82, 2.24) is 10.4 Å². The van der Waals surface area contributed by atoms with Gasteiger partial charge in [0.15, 0.2) is 11.6 Å². The van der Waals surface area contributed by atoms with Crippen LogP contribution in [0, 0.1) is 0 Å². The van der Waals surface area contributed by atoms with Crippen LogP contribution in [-0.2, 0) is 9.47 Å². The lowest BCUT2D eigenvalue weighted by atomic mass is 10.3. The summed E-state index contributed by atoms with van der Waals surface area (Å²) in [6, 6.07) is 0. The van der Waals surface area contributed by atoms with Crippen LogP contribution in [-0.4, -0.2) is 36.6 Å². The van der Waals surface area contributed by atoms with Gasteiger partial charge in [-0.1, -0.05) is 0 Å². The topological polar surface area (TPSA) is 58.5 Å². The maximum absolute atomic E-state index is 5.36. The molecule has 0 aromatic rings. The van der Waals surface area contributed by atoms with E-state index in [4.69, 9.17) is 9.47 Å². The molecule has 68 valence electrons. The van der Waals surface area contributed by atoms with E-state index in [1.165, 1.54) is 0 Å². The van der Waals surface area contributed by atoms with Crippen molar-refractivity contribution in [3.05, 3.63) is 11.8 Å². The molecule has 0 amide bonds. The summed E-state index contributed by atoms with van der Waals surface area (Å²) in [5, 5.41) is 9.96. The largest absolute Gasteiger partial charge is 0.484 e. The monoisotopic (exact) mass is 180 g/mol. The molecular formula is C7H8N4O2. The summed E-state index contributed by atoms with van der Waals surface area (Å²) in [4.78, 5) is 0. The Labute approximate surface area is 74.5 Å². The first-order chi connectivity index (χ1) is 6.43. The van der Waals surface area contributed by atoms with E-state index in [0.29, 0.717) is 31.5 Å². The van der Waals surface area contributed by atoms with Gasteiger partial charge in [0.2, 0.25) is 0 Å². The molecule has 13 heavy (non-hydrogen) atoms. The van der Waals surface area contributed by atoms with E-state index >= 15 is 0 Å². The Hall–Kier alpha value is -1.72. The fourth-order valence-electron chi connectivity index (χ4n) is 1.35. The van der Waals surface area contributed by atoms with Crippen LogP contribution < -0.4 is 5.43 Å². The van der Waals surface area contributed by atoms with Gasteiger partial charge < -0.3 is 9.47 Å². The summed E-state index contributed by atoms with van der Waals surface area (Å²) in [5.41, 5.74) is 2.83. The van der Waals surface area contributed by atoms with Crippen molar-refractivity contribution >= 4 is 11.7 Å². The minimum atomic E-state index is 0.550. The standard InChI is InChI=1S/C7H8N4O2/c1-2-13-7-5(12-1)3-6-9-8-4-11(6)10-7/h3,8H,1-2,4H2. The van der Waals surface area contributed by atoms with Gasteiger partial charge in [-0.05, 0) is 0 Å². The lowest BCUT2D eigenvalue weighted by Gasteiger charge is -2.24. The number of nitrogens with one attached hydrogen (secondary N) is 1. The van der Waals surface area contributed by atoms with E-state index in [2.05, 4.69) is 15.6 Å². The number of fused-ring (bicyclic) bond motifs is 2. The molecule has 0 aromatic carbocycles. The fourth-order valence-corrected chi connectivity index (χ4v) is 1.35. The number of amidine groups is 1. The lowest BCUT2D eigenvalue weighted by molar-refractivity contribution is 0.112. The smallest absolute Gasteiger partial charge is 0.274 e.